The largest absolute Gasteiger partial charge is 0.356 e. The van der Waals surface area contributed by atoms with Crippen molar-refractivity contribution < 1.29 is 4.79 Å². The maximum Gasteiger partial charge on any atom is 0.220 e. The first kappa shape index (κ1) is 16.0. The number of piperidine rings is 1. The van der Waals surface area contributed by atoms with E-state index in [0.29, 0.717) is 6.42 Å². The molecular formula is C16H28N4O. The molecule has 0 bridgehead atoms. The highest BCUT2D eigenvalue weighted by atomic mass is 16.1. The molecule has 1 saturated heterocycles. The lowest BCUT2D eigenvalue weighted by atomic mass is 9.93. The van der Waals surface area contributed by atoms with Gasteiger partial charge in [0.2, 0.25) is 5.91 Å². The summed E-state index contributed by atoms with van der Waals surface area (Å²) in [6.45, 7) is 6.01. The molecule has 21 heavy (non-hydrogen) atoms. The van der Waals surface area contributed by atoms with E-state index < -0.39 is 0 Å². The monoisotopic (exact) mass is 292 g/mol. The smallest absolute Gasteiger partial charge is 0.220 e. The maximum atomic E-state index is 11.8. The summed E-state index contributed by atoms with van der Waals surface area (Å²) in [6, 6.07) is 0. The Kier molecular flexibility index (Phi) is 6.73. The number of imidazole rings is 1. The van der Waals surface area contributed by atoms with E-state index in [0.717, 1.165) is 57.2 Å². The van der Waals surface area contributed by atoms with Gasteiger partial charge in [-0.3, -0.25) is 4.79 Å². The van der Waals surface area contributed by atoms with Crippen LogP contribution in [0.15, 0.2) is 12.4 Å². The van der Waals surface area contributed by atoms with Crippen molar-refractivity contribution >= 4 is 5.91 Å². The lowest BCUT2D eigenvalue weighted by molar-refractivity contribution is -0.121. The Hall–Kier alpha value is -1.36. The fourth-order valence-corrected chi connectivity index (χ4v) is 2.87. The van der Waals surface area contributed by atoms with Crippen molar-refractivity contribution in [3.8, 4) is 0 Å². The van der Waals surface area contributed by atoms with Crippen molar-refractivity contribution in [2.45, 2.75) is 52.0 Å². The molecule has 0 radical (unpaired) electrons. The molecule has 0 unspecified atom stereocenters. The van der Waals surface area contributed by atoms with E-state index in [9.17, 15) is 4.79 Å². The Labute approximate surface area is 127 Å². The van der Waals surface area contributed by atoms with Crippen LogP contribution in [0.1, 0.15) is 44.3 Å². The second-order valence-corrected chi connectivity index (χ2v) is 5.96. The van der Waals surface area contributed by atoms with Crippen LogP contribution in [-0.2, 0) is 11.3 Å². The van der Waals surface area contributed by atoms with Crippen molar-refractivity contribution in [1.82, 2.24) is 20.2 Å². The minimum Gasteiger partial charge on any atom is -0.356 e. The molecule has 0 saturated carbocycles. The van der Waals surface area contributed by atoms with Crippen molar-refractivity contribution in [2.75, 3.05) is 19.6 Å². The maximum absolute atomic E-state index is 11.8. The SMILES string of the molecule is Cc1nccn1CCCCNC(=O)CCC1CCNCC1. The zero-order valence-electron chi connectivity index (χ0n) is 13.1. The minimum absolute atomic E-state index is 0.215. The number of nitrogens with one attached hydrogen (secondary N) is 2. The summed E-state index contributed by atoms with van der Waals surface area (Å²) in [5.74, 6) is 2.01. The first-order valence-electron chi connectivity index (χ1n) is 8.21. The van der Waals surface area contributed by atoms with Gasteiger partial charge in [-0.05, 0) is 58.0 Å². The standard InChI is InChI=1S/C16H28N4O/c1-14-18-11-13-20(14)12-3-2-8-19-16(21)5-4-15-6-9-17-10-7-15/h11,13,15,17H,2-10,12H2,1H3,(H,19,21). The Morgan fingerprint density at radius 1 is 1.43 bits per heavy atom. The highest BCUT2D eigenvalue weighted by molar-refractivity contribution is 5.75. The molecule has 1 amide bonds. The molecule has 1 aromatic rings. The number of unbranched alkanes of at least 4 members (excludes halogenated alkanes) is 1. The van der Waals surface area contributed by atoms with Crippen LogP contribution in [0.4, 0.5) is 0 Å². The molecular weight excluding hydrogens is 264 g/mol. The average Bonchev–Trinajstić information content (AvgIpc) is 2.91. The van der Waals surface area contributed by atoms with Crippen LogP contribution in [0.25, 0.3) is 0 Å². The van der Waals surface area contributed by atoms with Gasteiger partial charge in [0.15, 0.2) is 0 Å². The topological polar surface area (TPSA) is 59.0 Å². The lowest BCUT2D eigenvalue weighted by Crippen LogP contribution is -2.29. The third-order valence-corrected chi connectivity index (χ3v) is 4.31. The van der Waals surface area contributed by atoms with Crippen LogP contribution < -0.4 is 10.6 Å². The van der Waals surface area contributed by atoms with E-state index in [1.54, 1.807) is 0 Å². The van der Waals surface area contributed by atoms with Crippen molar-refractivity contribution in [3.05, 3.63) is 18.2 Å². The summed E-state index contributed by atoms with van der Waals surface area (Å²) in [4.78, 5) is 16.0. The summed E-state index contributed by atoms with van der Waals surface area (Å²) >= 11 is 0. The number of hydrogen-bond donors (Lipinski definition) is 2. The van der Waals surface area contributed by atoms with E-state index in [-0.39, 0.29) is 5.91 Å². The van der Waals surface area contributed by atoms with E-state index in [4.69, 9.17) is 0 Å². The molecule has 0 aromatic carbocycles. The van der Waals surface area contributed by atoms with E-state index in [1.165, 1.54) is 12.8 Å². The van der Waals surface area contributed by atoms with Crippen LogP contribution in [0.3, 0.4) is 0 Å². The number of hydrogen-bond acceptors (Lipinski definition) is 3. The van der Waals surface area contributed by atoms with Gasteiger partial charge < -0.3 is 15.2 Å². The average molecular weight is 292 g/mol. The third-order valence-electron chi connectivity index (χ3n) is 4.31. The first-order chi connectivity index (χ1) is 10.3. The number of amides is 1. The van der Waals surface area contributed by atoms with E-state index in [2.05, 4.69) is 20.2 Å². The van der Waals surface area contributed by atoms with Gasteiger partial charge in [0.25, 0.3) is 0 Å². The molecule has 118 valence electrons. The number of aromatic nitrogens is 2. The normalized spacial score (nSPS) is 16.0. The van der Waals surface area contributed by atoms with Crippen LogP contribution in [0.2, 0.25) is 0 Å². The van der Waals surface area contributed by atoms with Crippen LogP contribution in [0.5, 0.6) is 0 Å². The molecule has 5 nitrogen and oxygen atoms in total. The predicted molar refractivity (Wildman–Crippen MR) is 84.0 cm³/mol. The number of rotatable bonds is 8. The van der Waals surface area contributed by atoms with Crippen molar-refractivity contribution in [3.63, 3.8) is 0 Å². The van der Waals surface area contributed by atoms with Gasteiger partial charge in [0.05, 0.1) is 0 Å². The molecule has 0 aliphatic carbocycles. The summed E-state index contributed by atoms with van der Waals surface area (Å²) in [6.07, 6.45) is 10.1. The van der Waals surface area contributed by atoms with Crippen molar-refractivity contribution in [2.24, 2.45) is 5.92 Å². The highest BCUT2D eigenvalue weighted by Gasteiger charge is 2.14. The molecule has 1 aliphatic heterocycles. The minimum atomic E-state index is 0.215. The molecule has 2 heterocycles. The fourth-order valence-electron chi connectivity index (χ4n) is 2.87. The zero-order valence-corrected chi connectivity index (χ0v) is 13.1. The summed E-state index contributed by atoms with van der Waals surface area (Å²) in [7, 11) is 0. The molecule has 0 atom stereocenters. The number of aryl methyl sites for hydroxylation is 2. The first-order valence-corrected chi connectivity index (χ1v) is 8.21. The van der Waals surface area contributed by atoms with Gasteiger partial charge in [-0.2, -0.15) is 0 Å². The quantitative estimate of drug-likeness (QED) is 0.719. The van der Waals surface area contributed by atoms with Crippen molar-refractivity contribution in [1.29, 1.82) is 0 Å². The zero-order chi connectivity index (χ0) is 14.9. The number of carbonyl (C=O) groups is 1. The fraction of sp³-hybridized carbons (Fsp3) is 0.750. The molecule has 1 aliphatic rings. The van der Waals surface area contributed by atoms with Gasteiger partial charge in [0, 0.05) is 31.9 Å². The molecule has 5 heteroatoms. The summed E-state index contributed by atoms with van der Waals surface area (Å²) < 4.78 is 2.15. The number of nitrogens with zero attached hydrogens (tertiary/aromatic N) is 2. The van der Waals surface area contributed by atoms with Crippen LogP contribution in [-0.4, -0.2) is 35.1 Å². The van der Waals surface area contributed by atoms with Gasteiger partial charge in [-0.15, -0.1) is 0 Å². The predicted octanol–water partition coefficient (Wildman–Crippen LogP) is 1.87. The Morgan fingerprint density at radius 3 is 2.95 bits per heavy atom. The van der Waals surface area contributed by atoms with Crippen LogP contribution >= 0.6 is 0 Å². The second-order valence-electron chi connectivity index (χ2n) is 5.96. The number of carbonyl (C=O) groups excluding carboxylic acids is 1. The molecule has 1 fully saturated rings. The van der Waals surface area contributed by atoms with Gasteiger partial charge in [-0.25, -0.2) is 4.98 Å². The Balaban J connectivity index is 1.48. The van der Waals surface area contributed by atoms with Gasteiger partial charge in [-0.1, -0.05) is 0 Å². The van der Waals surface area contributed by atoms with Crippen LogP contribution in [0, 0.1) is 12.8 Å². The summed E-state index contributed by atoms with van der Waals surface area (Å²) in [5.41, 5.74) is 0. The molecule has 1 aromatic heterocycles. The van der Waals surface area contributed by atoms with Gasteiger partial charge >= 0.3 is 0 Å². The third kappa shape index (κ3) is 5.87. The van der Waals surface area contributed by atoms with E-state index >= 15 is 0 Å². The Morgan fingerprint density at radius 2 is 2.24 bits per heavy atom. The molecule has 0 spiro atoms. The highest BCUT2D eigenvalue weighted by Crippen LogP contribution is 2.17. The lowest BCUT2D eigenvalue weighted by Gasteiger charge is -2.22. The second kappa shape index (κ2) is 8.82. The Bertz CT molecular complexity index is 424. The summed E-state index contributed by atoms with van der Waals surface area (Å²) in [5, 5.41) is 6.40. The van der Waals surface area contributed by atoms with E-state index in [1.807, 2.05) is 19.3 Å². The molecule has 2 N–H and O–H groups in total. The molecule has 2 rings (SSSR count). The van der Waals surface area contributed by atoms with Gasteiger partial charge in [0.1, 0.15) is 5.82 Å².